The van der Waals surface area contributed by atoms with E-state index in [0.29, 0.717) is 0 Å². The molecule has 2 aromatic carbocycles. The van der Waals surface area contributed by atoms with Crippen molar-refractivity contribution in [3.8, 4) is 0 Å². The van der Waals surface area contributed by atoms with Crippen molar-refractivity contribution in [1.82, 2.24) is 5.01 Å². The second-order valence-electron chi connectivity index (χ2n) is 4.69. The Hall–Kier alpha value is -1.51. The van der Waals surface area contributed by atoms with Crippen LogP contribution in [0.5, 0.6) is 0 Å². The first-order chi connectivity index (χ1) is 8.66. The van der Waals surface area contributed by atoms with Crippen LogP contribution in [0.25, 0.3) is 0 Å². The Labute approximate surface area is 112 Å². The Bertz CT molecular complexity index is 595. The van der Waals surface area contributed by atoms with Crippen molar-refractivity contribution in [2.24, 2.45) is 0 Å². The predicted octanol–water partition coefficient (Wildman–Crippen LogP) is 4.15. The first-order valence-electron chi connectivity index (χ1n) is 6.02. The topological polar surface area (TPSA) is 6.48 Å². The summed E-state index contributed by atoms with van der Waals surface area (Å²) in [4.78, 5) is 0. The number of rotatable bonds is 1. The number of nitrogens with zero attached hydrogens (tertiary/aromatic N) is 2. The lowest BCUT2D eigenvalue weighted by Gasteiger charge is -2.28. The van der Waals surface area contributed by atoms with Crippen LogP contribution in [0.2, 0.25) is 5.02 Å². The van der Waals surface area contributed by atoms with E-state index in [4.69, 9.17) is 11.6 Å². The van der Waals surface area contributed by atoms with Crippen LogP contribution < -0.4 is 5.01 Å². The van der Waals surface area contributed by atoms with E-state index in [2.05, 4.69) is 54.3 Å². The van der Waals surface area contributed by atoms with Crippen molar-refractivity contribution in [1.29, 1.82) is 0 Å². The highest BCUT2D eigenvalue weighted by atomic mass is 35.5. The number of benzene rings is 2. The van der Waals surface area contributed by atoms with Crippen LogP contribution in [0, 0.1) is 6.92 Å². The summed E-state index contributed by atoms with van der Waals surface area (Å²) in [7, 11) is 2.10. The van der Waals surface area contributed by atoms with E-state index in [1.807, 2.05) is 12.1 Å². The molecule has 0 bridgehead atoms. The molecule has 0 atom stereocenters. The number of para-hydroxylation sites is 1. The molecule has 2 aromatic rings. The van der Waals surface area contributed by atoms with Crippen molar-refractivity contribution in [2.75, 3.05) is 12.1 Å². The molecule has 92 valence electrons. The Morgan fingerprint density at radius 2 is 1.83 bits per heavy atom. The van der Waals surface area contributed by atoms with Gasteiger partial charge in [-0.3, -0.25) is 5.01 Å². The maximum atomic E-state index is 6.12. The van der Waals surface area contributed by atoms with Crippen LogP contribution in [0.15, 0.2) is 42.5 Å². The molecule has 0 aliphatic carbocycles. The molecule has 0 aromatic heterocycles. The van der Waals surface area contributed by atoms with Gasteiger partial charge in [0.1, 0.15) is 0 Å². The van der Waals surface area contributed by atoms with Crippen LogP contribution in [-0.4, -0.2) is 12.1 Å². The minimum Gasteiger partial charge on any atom is -0.274 e. The third kappa shape index (κ3) is 1.78. The lowest BCUT2D eigenvalue weighted by Crippen LogP contribution is -2.30. The van der Waals surface area contributed by atoms with Gasteiger partial charge in [0.25, 0.3) is 0 Å². The lowest BCUT2D eigenvalue weighted by atomic mass is 10.1. The van der Waals surface area contributed by atoms with Crippen molar-refractivity contribution < 1.29 is 0 Å². The highest BCUT2D eigenvalue weighted by Gasteiger charge is 2.26. The van der Waals surface area contributed by atoms with Gasteiger partial charge in [-0.1, -0.05) is 35.9 Å². The van der Waals surface area contributed by atoms with E-state index in [9.17, 15) is 0 Å². The van der Waals surface area contributed by atoms with Gasteiger partial charge in [-0.15, -0.1) is 0 Å². The Balaban J connectivity index is 2.14. The van der Waals surface area contributed by atoms with E-state index in [-0.39, 0.29) is 0 Å². The average Bonchev–Trinajstić information content (AvgIpc) is 2.68. The summed E-state index contributed by atoms with van der Waals surface area (Å²) in [6.45, 7) is 3.04. The van der Waals surface area contributed by atoms with Crippen molar-refractivity contribution >= 4 is 23.0 Å². The zero-order valence-corrected chi connectivity index (χ0v) is 11.3. The van der Waals surface area contributed by atoms with Crippen LogP contribution in [0.3, 0.4) is 0 Å². The number of hydrogen-bond donors (Lipinski definition) is 0. The number of aryl methyl sites for hydroxylation is 1. The summed E-state index contributed by atoms with van der Waals surface area (Å²) in [6.07, 6.45) is 0. The smallest absolute Gasteiger partial charge is 0.0626 e. The van der Waals surface area contributed by atoms with Gasteiger partial charge in [0.15, 0.2) is 0 Å². The normalized spacial score (nSPS) is 14.9. The van der Waals surface area contributed by atoms with Gasteiger partial charge in [0.2, 0.25) is 0 Å². The molecule has 0 saturated carbocycles. The van der Waals surface area contributed by atoms with Crippen LogP contribution in [0.4, 0.5) is 11.4 Å². The molecule has 0 unspecified atom stereocenters. The Morgan fingerprint density at radius 1 is 1.06 bits per heavy atom. The van der Waals surface area contributed by atoms with E-state index in [1.54, 1.807) is 0 Å². The molecule has 1 aliphatic rings. The van der Waals surface area contributed by atoms with E-state index in [1.165, 1.54) is 16.8 Å². The largest absolute Gasteiger partial charge is 0.274 e. The monoisotopic (exact) mass is 258 g/mol. The molecule has 0 saturated heterocycles. The minimum absolute atomic E-state index is 0.772. The molecule has 1 heterocycles. The standard InChI is InChI=1S/C15H15ClN2/c1-11-7-8-13(16)9-15(11)18-14-6-4-3-5-12(14)10-17(18)2/h3-9H,10H2,1-2H3. The quantitative estimate of drug-likeness (QED) is 0.758. The zero-order chi connectivity index (χ0) is 12.7. The summed E-state index contributed by atoms with van der Waals surface area (Å²) in [6, 6.07) is 14.5. The van der Waals surface area contributed by atoms with E-state index < -0.39 is 0 Å². The molecule has 1 aliphatic heterocycles. The molecule has 0 radical (unpaired) electrons. The van der Waals surface area contributed by atoms with Gasteiger partial charge >= 0.3 is 0 Å². The van der Waals surface area contributed by atoms with Crippen molar-refractivity contribution in [2.45, 2.75) is 13.5 Å². The number of hydrogen-bond acceptors (Lipinski definition) is 2. The summed E-state index contributed by atoms with van der Waals surface area (Å²) in [5, 5.41) is 5.22. The minimum atomic E-state index is 0.772. The Kier molecular flexibility index (Phi) is 2.77. The molecular weight excluding hydrogens is 244 g/mol. The SMILES string of the molecule is Cc1ccc(Cl)cc1N1c2ccccc2CN1C. The third-order valence-corrected chi connectivity index (χ3v) is 3.59. The van der Waals surface area contributed by atoms with Crippen LogP contribution >= 0.6 is 11.6 Å². The molecule has 0 N–H and O–H groups in total. The summed E-state index contributed by atoms with van der Waals surface area (Å²) in [5.41, 5.74) is 4.96. The number of fused-ring (bicyclic) bond motifs is 1. The van der Waals surface area contributed by atoms with Gasteiger partial charge in [0.05, 0.1) is 11.4 Å². The molecule has 0 amide bonds. The highest BCUT2D eigenvalue weighted by molar-refractivity contribution is 6.30. The molecule has 3 rings (SSSR count). The van der Waals surface area contributed by atoms with E-state index >= 15 is 0 Å². The maximum Gasteiger partial charge on any atom is 0.0626 e. The van der Waals surface area contributed by atoms with Gasteiger partial charge in [0, 0.05) is 18.6 Å². The average molecular weight is 259 g/mol. The fourth-order valence-corrected chi connectivity index (χ4v) is 2.64. The summed E-state index contributed by atoms with van der Waals surface area (Å²) >= 11 is 6.12. The molecule has 0 spiro atoms. The lowest BCUT2D eigenvalue weighted by molar-refractivity contribution is 0.361. The summed E-state index contributed by atoms with van der Waals surface area (Å²) in [5.74, 6) is 0. The molecule has 18 heavy (non-hydrogen) atoms. The second-order valence-corrected chi connectivity index (χ2v) is 5.12. The first-order valence-corrected chi connectivity index (χ1v) is 6.40. The van der Waals surface area contributed by atoms with Crippen LogP contribution in [0.1, 0.15) is 11.1 Å². The van der Waals surface area contributed by atoms with Gasteiger partial charge < -0.3 is 0 Å². The highest BCUT2D eigenvalue weighted by Crippen LogP contribution is 2.38. The fourth-order valence-electron chi connectivity index (χ4n) is 2.48. The Morgan fingerprint density at radius 3 is 2.67 bits per heavy atom. The maximum absolute atomic E-state index is 6.12. The number of halogens is 1. The van der Waals surface area contributed by atoms with Crippen molar-refractivity contribution in [3.63, 3.8) is 0 Å². The predicted molar refractivity (Wildman–Crippen MR) is 76.2 cm³/mol. The van der Waals surface area contributed by atoms with Gasteiger partial charge in [-0.2, -0.15) is 0 Å². The van der Waals surface area contributed by atoms with Crippen LogP contribution in [-0.2, 0) is 6.54 Å². The molecule has 3 heteroatoms. The number of hydrazine groups is 1. The first kappa shape index (κ1) is 11.6. The van der Waals surface area contributed by atoms with Crippen molar-refractivity contribution in [3.05, 3.63) is 58.6 Å². The molecule has 0 fully saturated rings. The van der Waals surface area contributed by atoms with Gasteiger partial charge in [-0.05, 0) is 36.2 Å². The molecular formula is C15H15ClN2. The summed E-state index contributed by atoms with van der Waals surface area (Å²) < 4.78 is 0. The zero-order valence-electron chi connectivity index (χ0n) is 10.5. The third-order valence-electron chi connectivity index (χ3n) is 3.36. The molecule has 2 nitrogen and oxygen atoms in total. The van der Waals surface area contributed by atoms with Gasteiger partial charge in [-0.25, -0.2) is 5.01 Å². The number of anilines is 2. The second kappa shape index (κ2) is 4.30. The van der Waals surface area contributed by atoms with E-state index in [0.717, 1.165) is 17.3 Å². The fraction of sp³-hybridized carbons (Fsp3) is 0.200.